The molecule has 0 radical (unpaired) electrons. The molecule has 8 nitrogen and oxygen atoms in total. The first kappa shape index (κ1) is 23.1. The summed E-state index contributed by atoms with van der Waals surface area (Å²) in [6.45, 7) is 0.781. The average molecular weight is 510 g/mol. The molecule has 0 aromatic rings. The van der Waals surface area contributed by atoms with Gasteiger partial charge in [0.15, 0.2) is 0 Å². The van der Waals surface area contributed by atoms with Crippen LogP contribution < -0.4 is 0 Å². The molecule has 0 rings (SSSR count). The number of hydrogen-bond acceptors (Lipinski definition) is 7. The third kappa shape index (κ3) is 4.18. The topological polar surface area (TPSA) is 93.2 Å². The van der Waals surface area contributed by atoms with Gasteiger partial charge in [-0.1, -0.05) is 3.71 Å². The van der Waals surface area contributed by atoms with Crippen LogP contribution in [0.25, 0.3) is 0 Å². The minimum atomic E-state index is -6.98. The van der Waals surface area contributed by atoms with Gasteiger partial charge in [0.25, 0.3) is 0 Å². The van der Waals surface area contributed by atoms with E-state index in [1.54, 1.807) is 0 Å². The van der Waals surface area contributed by atoms with Crippen molar-refractivity contribution in [2.24, 2.45) is 0 Å². The second-order valence-corrected chi connectivity index (χ2v) is 8.28. The molecule has 0 atom stereocenters. The standard InChI is InChI=1S/C6H9F6IN2O6S2/c1-4(2,14(20-3)21-13)15(22(16,17)5(7,8)9)23(18,19)6(10,11)12/h1-3H3. The number of hydroxylamine groups is 2. The van der Waals surface area contributed by atoms with E-state index < -0.39 is 40.4 Å². The fourth-order valence-electron chi connectivity index (χ4n) is 1.31. The lowest BCUT2D eigenvalue weighted by atomic mass is 10.3. The highest BCUT2D eigenvalue weighted by Gasteiger charge is 2.67. The second kappa shape index (κ2) is 6.75. The number of hydrogen-bond donors (Lipinski definition) is 0. The van der Waals surface area contributed by atoms with Crippen molar-refractivity contribution in [1.82, 2.24) is 8.94 Å². The van der Waals surface area contributed by atoms with Gasteiger partial charge in [0.05, 0.1) is 7.11 Å². The van der Waals surface area contributed by atoms with Crippen LogP contribution in [0.3, 0.4) is 0 Å². The van der Waals surface area contributed by atoms with Gasteiger partial charge < -0.3 is 0 Å². The van der Waals surface area contributed by atoms with Crippen LogP contribution in [-0.2, 0) is 28.1 Å². The Balaban J connectivity index is 6.75. The van der Waals surface area contributed by atoms with Crippen molar-refractivity contribution >= 4 is 43.1 Å². The summed E-state index contributed by atoms with van der Waals surface area (Å²) in [5.41, 5.74) is -15.8. The SMILES string of the molecule is CON(OI)C(C)(C)N(S(=O)(=O)C(F)(F)F)S(=O)(=O)C(F)(F)F. The minimum absolute atomic E-state index is 0.180. The van der Waals surface area contributed by atoms with Gasteiger partial charge >= 0.3 is 31.1 Å². The van der Waals surface area contributed by atoms with Crippen LogP contribution in [-0.4, -0.2) is 49.6 Å². The van der Waals surface area contributed by atoms with Gasteiger partial charge in [-0.25, -0.2) is 20.0 Å². The van der Waals surface area contributed by atoms with Gasteiger partial charge in [0.1, 0.15) is 28.7 Å². The van der Waals surface area contributed by atoms with E-state index in [1.807, 2.05) is 0 Å². The van der Waals surface area contributed by atoms with E-state index in [1.165, 1.54) is 0 Å². The molecule has 0 aliphatic carbocycles. The maximum Gasteiger partial charge on any atom is 0.512 e. The maximum atomic E-state index is 12.6. The Morgan fingerprint density at radius 3 is 1.35 bits per heavy atom. The number of nitrogens with zero attached hydrogens (tertiary/aromatic N) is 2. The summed E-state index contributed by atoms with van der Waals surface area (Å²) in [4.78, 5) is 4.26. The van der Waals surface area contributed by atoms with Gasteiger partial charge in [-0.3, -0.25) is 4.84 Å². The molecule has 0 aliphatic rings. The molecule has 0 saturated heterocycles. The summed E-state index contributed by atoms with van der Waals surface area (Å²) in [5.74, 6) is 0. The second-order valence-electron chi connectivity index (χ2n) is 4.10. The Kier molecular flexibility index (Phi) is 6.76. The molecule has 0 heterocycles. The first-order valence-corrected chi connectivity index (χ1v) is 8.71. The van der Waals surface area contributed by atoms with Gasteiger partial charge in [0.2, 0.25) is 0 Å². The van der Waals surface area contributed by atoms with Crippen molar-refractivity contribution in [3.8, 4) is 0 Å². The molecule has 0 saturated carbocycles. The van der Waals surface area contributed by atoms with Gasteiger partial charge in [0, 0.05) is 0 Å². The molecule has 0 bridgehead atoms. The molecule has 0 aromatic carbocycles. The van der Waals surface area contributed by atoms with E-state index in [0.29, 0.717) is 21.0 Å². The maximum absolute atomic E-state index is 12.6. The molecule has 0 fully saturated rings. The van der Waals surface area contributed by atoms with E-state index in [9.17, 15) is 43.2 Å². The zero-order valence-electron chi connectivity index (χ0n) is 11.3. The third-order valence-corrected chi connectivity index (χ3v) is 6.62. The monoisotopic (exact) mass is 510 g/mol. The first-order chi connectivity index (χ1) is 9.89. The Hall–Kier alpha value is 0.0500. The lowest BCUT2D eigenvalue weighted by molar-refractivity contribution is -0.344. The predicted octanol–water partition coefficient (Wildman–Crippen LogP) is 1.87. The minimum Gasteiger partial charge on any atom is -0.275 e. The summed E-state index contributed by atoms with van der Waals surface area (Å²) in [5, 5.41) is -0.180. The van der Waals surface area contributed by atoms with Crippen LogP contribution in [0.1, 0.15) is 13.8 Å². The highest BCUT2D eigenvalue weighted by atomic mass is 127. The molecule has 0 N–H and O–H groups in total. The van der Waals surface area contributed by atoms with Gasteiger partial charge in [-0.05, 0) is 19.1 Å². The van der Waals surface area contributed by atoms with Crippen LogP contribution in [0, 0.1) is 0 Å². The number of rotatable bonds is 6. The van der Waals surface area contributed by atoms with Crippen LogP contribution in [0.2, 0.25) is 0 Å². The summed E-state index contributed by atoms with van der Waals surface area (Å²) in [6, 6.07) is 0. The molecule has 17 heteroatoms. The summed E-state index contributed by atoms with van der Waals surface area (Å²) < 4.78 is 124. The van der Waals surface area contributed by atoms with Crippen LogP contribution >= 0.6 is 23.0 Å². The van der Waals surface area contributed by atoms with Crippen molar-refractivity contribution in [3.05, 3.63) is 0 Å². The fraction of sp³-hybridized carbons (Fsp3) is 1.00. The molecule has 0 spiro atoms. The smallest absolute Gasteiger partial charge is 0.275 e. The Bertz CT molecular complexity index is 581. The largest absolute Gasteiger partial charge is 0.512 e. The first-order valence-electron chi connectivity index (χ1n) is 4.95. The van der Waals surface area contributed by atoms with Crippen molar-refractivity contribution in [3.63, 3.8) is 0 Å². The van der Waals surface area contributed by atoms with Gasteiger partial charge in [-0.15, -0.1) is 0 Å². The quantitative estimate of drug-likeness (QED) is 0.233. The van der Waals surface area contributed by atoms with Gasteiger partial charge in [-0.2, -0.15) is 26.3 Å². The van der Waals surface area contributed by atoms with Crippen molar-refractivity contribution in [1.29, 1.82) is 0 Å². The van der Waals surface area contributed by atoms with E-state index in [0.717, 1.165) is 23.0 Å². The Morgan fingerprint density at radius 1 is 0.870 bits per heavy atom. The molecule has 0 unspecified atom stereocenters. The summed E-state index contributed by atoms with van der Waals surface area (Å²) in [6.07, 6.45) is 0. The number of alkyl halides is 6. The highest BCUT2D eigenvalue weighted by molar-refractivity contribution is 14.1. The Morgan fingerprint density at radius 2 is 1.17 bits per heavy atom. The van der Waals surface area contributed by atoms with E-state index in [4.69, 9.17) is 0 Å². The molecule has 23 heavy (non-hydrogen) atoms. The zero-order valence-corrected chi connectivity index (χ0v) is 15.1. The lowest BCUT2D eigenvalue weighted by Gasteiger charge is -2.40. The van der Waals surface area contributed by atoms with Crippen LogP contribution in [0.15, 0.2) is 0 Å². The highest BCUT2D eigenvalue weighted by Crippen LogP contribution is 2.41. The fourth-order valence-corrected chi connectivity index (χ4v) is 5.18. The van der Waals surface area contributed by atoms with E-state index >= 15 is 0 Å². The molecule has 140 valence electrons. The molecular formula is C6H9F6IN2O6S2. The number of halogens is 7. The predicted molar refractivity (Wildman–Crippen MR) is 69.8 cm³/mol. The average Bonchev–Trinajstić information content (AvgIpc) is 2.25. The number of sulfonamides is 2. The normalized spacial score (nSPS) is 15.5. The molecular weight excluding hydrogens is 501 g/mol. The summed E-state index contributed by atoms with van der Waals surface area (Å²) >= 11 is 0.928. The van der Waals surface area contributed by atoms with E-state index in [2.05, 4.69) is 8.00 Å². The molecule has 0 aromatic heterocycles. The van der Waals surface area contributed by atoms with Crippen LogP contribution in [0.4, 0.5) is 26.3 Å². The summed E-state index contributed by atoms with van der Waals surface area (Å²) in [7, 11) is -13.3. The van der Waals surface area contributed by atoms with Crippen molar-refractivity contribution in [2.75, 3.05) is 7.11 Å². The van der Waals surface area contributed by atoms with Crippen molar-refractivity contribution in [2.45, 2.75) is 30.5 Å². The zero-order chi connectivity index (χ0) is 19.1. The van der Waals surface area contributed by atoms with Crippen molar-refractivity contribution < 1.29 is 51.2 Å². The molecule has 0 aliphatic heterocycles. The van der Waals surface area contributed by atoms with E-state index in [-0.39, 0.29) is 5.23 Å². The van der Waals surface area contributed by atoms with Crippen LogP contribution in [0.5, 0.6) is 0 Å². The third-order valence-electron chi connectivity index (χ3n) is 2.14. The Labute approximate surface area is 141 Å². The lowest BCUT2D eigenvalue weighted by Crippen LogP contribution is -2.64. The molecule has 0 amide bonds.